The van der Waals surface area contributed by atoms with Crippen molar-refractivity contribution in [2.24, 2.45) is 0 Å². The fourth-order valence-corrected chi connectivity index (χ4v) is 2.60. The minimum Gasteiger partial charge on any atom is -0.473 e. The van der Waals surface area contributed by atoms with Crippen molar-refractivity contribution in [2.75, 3.05) is 36.8 Å². The summed E-state index contributed by atoms with van der Waals surface area (Å²) in [7, 11) is 0. The molecular formula is C14H25N5O. The molecule has 1 aliphatic heterocycles. The van der Waals surface area contributed by atoms with Gasteiger partial charge in [-0.2, -0.15) is 4.98 Å². The van der Waals surface area contributed by atoms with Crippen molar-refractivity contribution >= 4 is 11.5 Å². The smallest absolute Gasteiger partial charge is 0.242 e. The summed E-state index contributed by atoms with van der Waals surface area (Å²) in [4.78, 5) is 13.2. The highest BCUT2D eigenvalue weighted by Crippen LogP contribution is 2.29. The quantitative estimate of drug-likeness (QED) is 0.898. The van der Waals surface area contributed by atoms with Crippen LogP contribution in [0.1, 0.15) is 27.7 Å². The predicted octanol–water partition coefficient (Wildman–Crippen LogP) is 1.38. The first-order valence-electron chi connectivity index (χ1n) is 7.29. The molecule has 1 fully saturated rings. The molecule has 6 heteroatoms. The van der Waals surface area contributed by atoms with Gasteiger partial charge >= 0.3 is 0 Å². The van der Waals surface area contributed by atoms with E-state index in [2.05, 4.69) is 33.6 Å². The van der Waals surface area contributed by atoms with Crippen LogP contribution < -0.4 is 15.4 Å². The summed E-state index contributed by atoms with van der Waals surface area (Å²) in [6.07, 6.45) is 1.58. The van der Waals surface area contributed by atoms with Gasteiger partial charge in [-0.25, -0.2) is 4.98 Å². The molecule has 2 rings (SSSR count). The monoisotopic (exact) mass is 279 g/mol. The lowest BCUT2D eigenvalue weighted by Gasteiger charge is -2.40. The zero-order valence-corrected chi connectivity index (χ0v) is 12.8. The van der Waals surface area contributed by atoms with Crippen LogP contribution in [0.5, 0.6) is 5.88 Å². The number of aromatic nitrogens is 2. The fraction of sp³-hybridized carbons (Fsp3) is 0.714. The Kier molecular flexibility index (Phi) is 4.65. The van der Waals surface area contributed by atoms with E-state index in [1.54, 1.807) is 0 Å². The lowest BCUT2D eigenvalue weighted by Crippen LogP contribution is -2.52. The van der Waals surface area contributed by atoms with E-state index in [0.29, 0.717) is 17.6 Å². The Morgan fingerprint density at radius 2 is 2.15 bits per heavy atom. The van der Waals surface area contributed by atoms with Gasteiger partial charge in [-0.1, -0.05) is 6.92 Å². The van der Waals surface area contributed by atoms with Crippen LogP contribution in [0.15, 0.2) is 6.33 Å². The van der Waals surface area contributed by atoms with Crippen LogP contribution >= 0.6 is 0 Å². The predicted molar refractivity (Wildman–Crippen MR) is 81.1 cm³/mol. The van der Waals surface area contributed by atoms with Gasteiger partial charge in [-0.3, -0.25) is 4.90 Å². The van der Waals surface area contributed by atoms with E-state index in [1.165, 1.54) is 6.33 Å². The number of anilines is 2. The van der Waals surface area contributed by atoms with Crippen LogP contribution in [0, 0.1) is 0 Å². The lowest BCUT2D eigenvalue weighted by molar-refractivity contribution is 0.199. The molecule has 1 aliphatic rings. The van der Waals surface area contributed by atoms with Gasteiger partial charge < -0.3 is 15.4 Å². The minimum atomic E-state index is 0.0518. The molecule has 2 N–H and O–H groups in total. The Bertz CT molecular complexity index is 451. The third-order valence-corrected chi connectivity index (χ3v) is 3.64. The normalized spacial score (nSPS) is 20.4. The number of likely N-dealkylation sites (N-methyl/N-ethyl adjacent to an activating group) is 1. The van der Waals surface area contributed by atoms with E-state index in [1.807, 2.05) is 13.8 Å². The highest BCUT2D eigenvalue weighted by Gasteiger charge is 2.25. The van der Waals surface area contributed by atoms with Crippen molar-refractivity contribution in [2.45, 2.75) is 39.8 Å². The minimum absolute atomic E-state index is 0.0518. The molecule has 0 saturated carbocycles. The molecule has 0 aliphatic carbocycles. The SMILES string of the molecule is CCN1CCN(c2ncnc(OC(C)C)c2N)CC1C. The van der Waals surface area contributed by atoms with Gasteiger partial charge in [-0.05, 0) is 27.3 Å². The summed E-state index contributed by atoms with van der Waals surface area (Å²) in [5, 5.41) is 0. The zero-order chi connectivity index (χ0) is 14.7. The zero-order valence-electron chi connectivity index (χ0n) is 12.8. The van der Waals surface area contributed by atoms with Crippen LogP contribution in [0.3, 0.4) is 0 Å². The molecule has 2 heterocycles. The van der Waals surface area contributed by atoms with Gasteiger partial charge in [0.15, 0.2) is 5.82 Å². The number of nitrogen functional groups attached to an aromatic ring is 1. The molecule has 20 heavy (non-hydrogen) atoms. The Balaban J connectivity index is 2.17. The molecule has 0 amide bonds. The number of ether oxygens (including phenoxy) is 1. The van der Waals surface area contributed by atoms with Crippen LogP contribution in [-0.2, 0) is 0 Å². The fourth-order valence-electron chi connectivity index (χ4n) is 2.60. The highest BCUT2D eigenvalue weighted by atomic mass is 16.5. The summed E-state index contributed by atoms with van der Waals surface area (Å²) in [5.41, 5.74) is 6.71. The Hall–Kier alpha value is -1.56. The number of nitrogens with two attached hydrogens (primary N) is 1. The van der Waals surface area contributed by atoms with Gasteiger partial charge in [0.2, 0.25) is 5.88 Å². The average molecular weight is 279 g/mol. The Morgan fingerprint density at radius 1 is 1.40 bits per heavy atom. The second-order valence-electron chi connectivity index (χ2n) is 5.51. The molecule has 6 nitrogen and oxygen atoms in total. The molecule has 1 aromatic rings. The topological polar surface area (TPSA) is 67.5 Å². The second kappa shape index (κ2) is 6.26. The number of hydrogen-bond donors (Lipinski definition) is 1. The molecule has 112 valence electrons. The maximum absolute atomic E-state index is 6.17. The summed E-state index contributed by atoms with van der Waals surface area (Å²) in [5.74, 6) is 1.27. The first-order chi connectivity index (χ1) is 9.52. The van der Waals surface area contributed by atoms with Gasteiger partial charge in [0, 0.05) is 25.7 Å². The maximum Gasteiger partial charge on any atom is 0.242 e. The Labute approximate surface area is 120 Å². The van der Waals surface area contributed by atoms with Crippen molar-refractivity contribution in [3.05, 3.63) is 6.33 Å². The lowest BCUT2D eigenvalue weighted by atomic mass is 10.2. The molecule has 0 aromatic carbocycles. The van der Waals surface area contributed by atoms with Crippen LogP contribution in [0.2, 0.25) is 0 Å². The van der Waals surface area contributed by atoms with Gasteiger partial charge in [-0.15, -0.1) is 0 Å². The molecule has 1 unspecified atom stereocenters. The molecule has 1 aromatic heterocycles. The van der Waals surface area contributed by atoms with E-state index in [0.717, 1.165) is 32.0 Å². The third-order valence-electron chi connectivity index (χ3n) is 3.64. The van der Waals surface area contributed by atoms with Gasteiger partial charge in [0.25, 0.3) is 0 Å². The van der Waals surface area contributed by atoms with E-state index in [-0.39, 0.29) is 6.10 Å². The average Bonchev–Trinajstić information content (AvgIpc) is 2.40. The first-order valence-corrected chi connectivity index (χ1v) is 7.29. The van der Waals surface area contributed by atoms with Crippen LogP contribution in [0.4, 0.5) is 11.5 Å². The van der Waals surface area contributed by atoms with E-state index in [4.69, 9.17) is 10.5 Å². The molecule has 0 radical (unpaired) electrons. The number of rotatable bonds is 4. The maximum atomic E-state index is 6.17. The van der Waals surface area contributed by atoms with Crippen molar-refractivity contribution in [1.29, 1.82) is 0 Å². The first kappa shape index (κ1) is 14.8. The summed E-state index contributed by atoms with van der Waals surface area (Å²) < 4.78 is 5.63. The molecule has 0 spiro atoms. The number of hydrogen-bond acceptors (Lipinski definition) is 6. The van der Waals surface area contributed by atoms with Crippen LogP contribution in [0.25, 0.3) is 0 Å². The standard InChI is InChI=1S/C14H25N5O/c1-5-18-6-7-19(8-11(18)4)13-12(15)14(17-9-16-13)20-10(2)3/h9-11H,5-8,15H2,1-4H3. The molecule has 1 saturated heterocycles. The largest absolute Gasteiger partial charge is 0.473 e. The van der Waals surface area contributed by atoms with E-state index >= 15 is 0 Å². The van der Waals surface area contributed by atoms with E-state index in [9.17, 15) is 0 Å². The van der Waals surface area contributed by atoms with Crippen LogP contribution in [-0.4, -0.2) is 53.2 Å². The summed E-state index contributed by atoms with van der Waals surface area (Å²) >= 11 is 0. The Morgan fingerprint density at radius 3 is 2.75 bits per heavy atom. The number of nitrogens with zero attached hydrogens (tertiary/aromatic N) is 4. The van der Waals surface area contributed by atoms with Crippen molar-refractivity contribution in [3.8, 4) is 5.88 Å². The molecule has 0 bridgehead atoms. The highest BCUT2D eigenvalue weighted by molar-refractivity contribution is 5.68. The molecule has 1 atom stereocenters. The summed E-state index contributed by atoms with van der Waals surface area (Å²) in [6, 6.07) is 0.498. The second-order valence-corrected chi connectivity index (χ2v) is 5.51. The molecular weight excluding hydrogens is 254 g/mol. The van der Waals surface area contributed by atoms with Crippen molar-refractivity contribution in [1.82, 2.24) is 14.9 Å². The van der Waals surface area contributed by atoms with Gasteiger partial charge in [0.05, 0.1) is 6.10 Å². The third kappa shape index (κ3) is 3.12. The van der Waals surface area contributed by atoms with Crippen molar-refractivity contribution < 1.29 is 4.74 Å². The van der Waals surface area contributed by atoms with Crippen molar-refractivity contribution in [3.63, 3.8) is 0 Å². The van der Waals surface area contributed by atoms with Gasteiger partial charge in [0.1, 0.15) is 12.0 Å². The summed E-state index contributed by atoms with van der Waals surface area (Å²) in [6.45, 7) is 12.3. The van der Waals surface area contributed by atoms with E-state index < -0.39 is 0 Å². The number of piperazine rings is 1.